The van der Waals surface area contributed by atoms with Gasteiger partial charge >= 0.3 is 0 Å². The minimum absolute atomic E-state index is 0.179. The van der Waals surface area contributed by atoms with Gasteiger partial charge in [0.25, 0.3) is 0 Å². The molecule has 14 nitrogen and oxygen atoms in total. The highest BCUT2D eigenvalue weighted by molar-refractivity contribution is 5.87. The SMILES string of the molecule is CCC(NC(C)=O)C(=O)NC1C(OC2C(O)C(O)C(O)C(O)C2O)OC(CO)C(O)C1O. The van der Waals surface area contributed by atoms with Crippen molar-refractivity contribution in [2.75, 3.05) is 6.61 Å². The zero-order valence-corrected chi connectivity index (χ0v) is 17.6. The van der Waals surface area contributed by atoms with Crippen LogP contribution in [0.1, 0.15) is 20.3 Å². The number of amides is 2. The predicted molar refractivity (Wildman–Crippen MR) is 102 cm³/mol. The number of hydrogen-bond donors (Lipinski definition) is 10. The molecule has 0 aromatic carbocycles. The lowest BCUT2D eigenvalue weighted by Crippen LogP contribution is -2.69. The standard InChI is InChI=1S/C18H32N2O12/c1-3-6(19-5(2)22)17(30)20-8-10(24)9(23)7(4-21)31-18(8)32-16-14(28)12(26)11(25)13(27)15(16)29/h6-16,18,21,23-29H,3-4H2,1-2H3,(H,19,22)(H,20,30). The molecule has 1 saturated carbocycles. The minimum Gasteiger partial charge on any atom is -0.394 e. The van der Waals surface area contributed by atoms with Gasteiger partial charge in [0.1, 0.15) is 67.0 Å². The number of carbonyl (C=O) groups excluding carboxylic acids is 2. The third kappa shape index (κ3) is 5.53. The molecule has 1 aliphatic carbocycles. The van der Waals surface area contributed by atoms with E-state index in [9.17, 15) is 50.4 Å². The molecule has 32 heavy (non-hydrogen) atoms. The Morgan fingerprint density at radius 2 is 1.44 bits per heavy atom. The van der Waals surface area contributed by atoms with E-state index in [-0.39, 0.29) is 6.42 Å². The van der Waals surface area contributed by atoms with Gasteiger partial charge in [-0.25, -0.2) is 0 Å². The molecule has 2 rings (SSSR count). The molecule has 14 heteroatoms. The van der Waals surface area contributed by atoms with Crippen LogP contribution in [0.15, 0.2) is 0 Å². The van der Waals surface area contributed by atoms with E-state index < -0.39 is 91.7 Å². The Bertz CT molecular complexity index is 637. The number of nitrogens with one attached hydrogen (secondary N) is 2. The van der Waals surface area contributed by atoms with Crippen LogP contribution in [0.25, 0.3) is 0 Å². The van der Waals surface area contributed by atoms with E-state index in [0.717, 1.165) is 0 Å². The third-order valence-electron chi connectivity index (χ3n) is 5.66. The Hall–Kier alpha value is -1.46. The highest BCUT2D eigenvalue weighted by Gasteiger charge is 2.53. The molecule has 0 aromatic rings. The molecule has 0 spiro atoms. The van der Waals surface area contributed by atoms with Gasteiger partial charge in [-0.1, -0.05) is 6.92 Å². The fourth-order valence-corrected chi connectivity index (χ4v) is 3.73. The summed E-state index contributed by atoms with van der Waals surface area (Å²) in [7, 11) is 0. The zero-order valence-electron chi connectivity index (χ0n) is 17.6. The van der Waals surface area contributed by atoms with Crippen LogP contribution in [0.4, 0.5) is 0 Å². The van der Waals surface area contributed by atoms with Crippen molar-refractivity contribution in [3.63, 3.8) is 0 Å². The fourth-order valence-electron chi connectivity index (χ4n) is 3.73. The van der Waals surface area contributed by atoms with E-state index >= 15 is 0 Å². The summed E-state index contributed by atoms with van der Waals surface area (Å²) in [6.07, 6.45) is -17.5. The third-order valence-corrected chi connectivity index (χ3v) is 5.66. The summed E-state index contributed by atoms with van der Waals surface area (Å²) in [4.78, 5) is 23.9. The highest BCUT2D eigenvalue weighted by atomic mass is 16.7. The van der Waals surface area contributed by atoms with Gasteiger partial charge in [0, 0.05) is 6.92 Å². The van der Waals surface area contributed by atoms with E-state index in [1.165, 1.54) is 6.92 Å². The average Bonchev–Trinajstić information content (AvgIpc) is 2.76. The lowest BCUT2D eigenvalue weighted by Gasteiger charge is -2.47. The predicted octanol–water partition coefficient (Wildman–Crippen LogP) is -5.97. The van der Waals surface area contributed by atoms with Crippen molar-refractivity contribution in [1.82, 2.24) is 10.6 Å². The first-order valence-electron chi connectivity index (χ1n) is 10.2. The Balaban J connectivity index is 2.27. The first-order valence-corrected chi connectivity index (χ1v) is 10.2. The second-order valence-electron chi connectivity index (χ2n) is 7.96. The van der Waals surface area contributed by atoms with Crippen LogP contribution in [0.5, 0.6) is 0 Å². The maximum atomic E-state index is 12.6. The number of carbonyl (C=O) groups is 2. The van der Waals surface area contributed by atoms with Crippen molar-refractivity contribution in [3.05, 3.63) is 0 Å². The maximum Gasteiger partial charge on any atom is 0.243 e. The Kier molecular flexibility index (Phi) is 9.30. The normalized spacial score (nSPS) is 43.4. The van der Waals surface area contributed by atoms with Crippen LogP contribution in [0, 0.1) is 0 Å². The van der Waals surface area contributed by atoms with Gasteiger partial charge in [0.2, 0.25) is 11.8 Å². The van der Waals surface area contributed by atoms with Gasteiger partial charge in [-0.3, -0.25) is 9.59 Å². The molecule has 2 aliphatic rings. The number of aliphatic hydroxyl groups is 8. The lowest BCUT2D eigenvalue weighted by atomic mass is 9.84. The van der Waals surface area contributed by atoms with E-state index in [2.05, 4.69) is 10.6 Å². The molecule has 186 valence electrons. The molecular formula is C18H32N2O12. The first-order chi connectivity index (χ1) is 14.9. The van der Waals surface area contributed by atoms with Crippen molar-refractivity contribution in [1.29, 1.82) is 0 Å². The van der Waals surface area contributed by atoms with Crippen molar-refractivity contribution in [2.45, 2.75) is 93.6 Å². The molecule has 2 amide bonds. The quantitative estimate of drug-likeness (QED) is 0.168. The lowest BCUT2D eigenvalue weighted by molar-refractivity contribution is -0.319. The van der Waals surface area contributed by atoms with Crippen LogP contribution < -0.4 is 10.6 Å². The summed E-state index contributed by atoms with van der Waals surface area (Å²) in [5.41, 5.74) is 0. The van der Waals surface area contributed by atoms with Gasteiger partial charge in [-0.05, 0) is 6.42 Å². The van der Waals surface area contributed by atoms with Crippen molar-refractivity contribution >= 4 is 11.8 Å². The summed E-state index contributed by atoms with van der Waals surface area (Å²) in [6, 6.07) is -2.51. The van der Waals surface area contributed by atoms with Crippen LogP contribution in [0.2, 0.25) is 0 Å². The smallest absolute Gasteiger partial charge is 0.243 e. The molecule has 0 aromatic heterocycles. The van der Waals surface area contributed by atoms with Crippen LogP contribution in [0.3, 0.4) is 0 Å². The Morgan fingerprint density at radius 3 is 1.91 bits per heavy atom. The molecule has 1 aliphatic heterocycles. The fraction of sp³-hybridized carbons (Fsp3) is 0.889. The molecule has 10 unspecified atom stereocenters. The van der Waals surface area contributed by atoms with Gasteiger partial charge in [0.15, 0.2) is 6.29 Å². The molecule has 1 saturated heterocycles. The van der Waals surface area contributed by atoms with Crippen LogP contribution >= 0.6 is 0 Å². The van der Waals surface area contributed by atoms with Crippen molar-refractivity contribution in [2.24, 2.45) is 0 Å². The molecule has 1 heterocycles. The largest absolute Gasteiger partial charge is 0.394 e. The first kappa shape index (κ1) is 26.8. The second kappa shape index (κ2) is 11.1. The summed E-state index contributed by atoms with van der Waals surface area (Å²) < 4.78 is 10.9. The monoisotopic (exact) mass is 468 g/mol. The molecule has 2 fully saturated rings. The van der Waals surface area contributed by atoms with E-state index in [4.69, 9.17) is 9.47 Å². The number of aliphatic hydroxyl groups excluding tert-OH is 8. The van der Waals surface area contributed by atoms with E-state index in [1.807, 2.05) is 0 Å². The van der Waals surface area contributed by atoms with Gasteiger partial charge in [-0.2, -0.15) is 0 Å². The summed E-state index contributed by atoms with van der Waals surface area (Å²) in [5, 5.41) is 84.8. The molecule has 0 radical (unpaired) electrons. The topological polar surface area (TPSA) is 238 Å². The van der Waals surface area contributed by atoms with Crippen LogP contribution in [-0.2, 0) is 19.1 Å². The number of ether oxygens (including phenoxy) is 2. The highest BCUT2D eigenvalue weighted by Crippen LogP contribution is 2.29. The Morgan fingerprint density at radius 1 is 0.906 bits per heavy atom. The average molecular weight is 468 g/mol. The molecule has 0 bridgehead atoms. The second-order valence-corrected chi connectivity index (χ2v) is 7.96. The Labute approximate surface area is 183 Å². The molecule has 10 atom stereocenters. The minimum atomic E-state index is -1.90. The van der Waals surface area contributed by atoms with Gasteiger partial charge in [0.05, 0.1) is 6.61 Å². The van der Waals surface area contributed by atoms with Gasteiger partial charge in [-0.15, -0.1) is 0 Å². The summed E-state index contributed by atoms with van der Waals surface area (Å²) in [6.45, 7) is 2.05. The van der Waals surface area contributed by atoms with E-state index in [0.29, 0.717) is 0 Å². The summed E-state index contributed by atoms with van der Waals surface area (Å²) >= 11 is 0. The molecule has 10 N–H and O–H groups in total. The van der Waals surface area contributed by atoms with Crippen molar-refractivity contribution < 1.29 is 59.9 Å². The number of rotatable bonds is 7. The zero-order chi connectivity index (χ0) is 24.3. The molecular weight excluding hydrogens is 436 g/mol. The number of hydrogen-bond acceptors (Lipinski definition) is 12. The van der Waals surface area contributed by atoms with Crippen LogP contribution in [-0.4, -0.2) is 133 Å². The summed E-state index contributed by atoms with van der Waals surface area (Å²) in [5.74, 6) is -1.26. The van der Waals surface area contributed by atoms with Crippen molar-refractivity contribution in [3.8, 4) is 0 Å². The van der Waals surface area contributed by atoms with E-state index in [1.54, 1.807) is 6.92 Å². The maximum absolute atomic E-state index is 12.6. The van der Waals surface area contributed by atoms with Gasteiger partial charge < -0.3 is 61.0 Å².